The number of pyridine rings is 1. The first kappa shape index (κ1) is 24.5. The average molecular weight is 501 g/mol. The van der Waals surface area contributed by atoms with Crippen LogP contribution in [0.5, 0.6) is 11.5 Å². The Balaban J connectivity index is 1.35. The molecule has 4 rings (SSSR count). The SMILES string of the molecule is O=C(Cc1cc(C(F)(F)F)ccc1Cl)Nc1ccc(Oc2ccnc(/C=C/C(=O)C3CC3)c2)cc1. The van der Waals surface area contributed by atoms with E-state index in [1.54, 1.807) is 48.7 Å². The zero-order valence-electron chi connectivity index (χ0n) is 18.3. The summed E-state index contributed by atoms with van der Waals surface area (Å²) < 4.78 is 44.6. The fourth-order valence-corrected chi connectivity index (χ4v) is 3.45. The largest absolute Gasteiger partial charge is 0.457 e. The number of carbonyl (C=O) groups is 2. The third-order valence-electron chi connectivity index (χ3n) is 5.25. The van der Waals surface area contributed by atoms with Gasteiger partial charge in [-0.15, -0.1) is 0 Å². The van der Waals surface area contributed by atoms with E-state index >= 15 is 0 Å². The number of rotatable bonds is 8. The first-order valence-corrected chi connectivity index (χ1v) is 11.2. The number of ketones is 1. The van der Waals surface area contributed by atoms with Gasteiger partial charge in [0.2, 0.25) is 5.91 Å². The molecule has 0 bridgehead atoms. The van der Waals surface area contributed by atoms with Crippen molar-refractivity contribution in [3.05, 3.63) is 88.7 Å². The van der Waals surface area contributed by atoms with E-state index in [1.165, 1.54) is 6.08 Å². The second-order valence-corrected chi connectivity index (χ2v) is 8.49. The molecule has 0 atom stereocenters. The smallest absolute Gasteiger partial charge is 0.416 e. The van der Waals surface area contributed by atoms with E-state index in [0.717, 1.165) is 31.0 Å². The molecule has 1 N–H and O–H groups in total. The van der Waals surface area contributed by atoms with Crippen molar-refractivity contribution in [1.82, 2.24) is 4.98 Å². The first-order chi connectivity index (χ1) is 16.7. The maximum absolute atomic E-state index is 12.9. The maximum Gasteiger partial charge on any atom is 0.416 e. The fourth-order valence-electron chi connectivity index (χ4n) is 3.26. The number of amides is 1. The number of alkyl halides is 3. The highest BCUT2D eigenvalue weighted by Gasteiger charge is 2.31. The topological polar surface area (TPSA) is 68.3 Å². The molecule has 9 heteroatoms. The van der Waals surface area contributed by atoms with Gasteiger partial charge in [0.15, 0.2) is 5.78 Å². The molecule has 180 valence electrons. The van der Waals surface area contributed by atoms with Crippen LogP contribution in [0.15, 0.2) is 66.9 Å². The normalized spacial score (nSPS) is 13.6. The van der Waals surface area contributed by atoms with Crippen LogP contribution in [0.1, 0.15) is 29.7 Å². The Morgan fingerprint density at radius 1 is 1.06 bits per heavy atom. The van der Waals surface area contributed by atoms with Gasteiger partial charge in [0.05, 0.1) is 17.7 Å². The van der Waals surface area contributed by atoms with Crippen LogP contribution >= 0.6 is 11.6 Å². The molecule has 1 aromatic heterocycles. The molecule has 3 aromatic rings. The number of ether oxygens (including phenoxy) is 1. The Morgan fingerprint density at radius 2 is 1.80 bits per heavy atom. The zero-order valence-corrected chi connectivity index (χ0v) is 19.1. The molecule has 0 spiro atoms. The van der Waals surface area contributed by atoms with Crippen molar-refractivity contribution in [1.29, 1.82) is 0 Å². The van der Waals surface area contributed by atoms with E-state index in [4.69, 9.17) is 16.3 Å². The van der Waals surface area contributed by atoms with Crippen molar-refractivity contribution in [3.8, 4) is 11.5 Å². The number of nitrogens with zero attached hydrogens (tertiary/aromatic N) is 1. The number of hydrogen-bond donors (Lipinski definition) is 1. The van der Waals surface area contributed by atoms with Crippen molar-refractivity contribution in [2.45, 2.75) is 25.4 Å². The highest BCUT2D eigenvalue weighted by molar-refractivity contribution is 6.31. The van der Waals surface area contributed by atoms with Gasteiger partial charge in [-0.3, -0.25) is 14.6 Å². The maximum atomic E-state index is 12.9. The van der Waals surface area contributed by atoms with Gasteiger partial charge in [0.25, 0.3) is 0 Å². The summed E-state index contributed by atoms with van der Waals surface area (Å²) >= 11 is 5.96. The Labute approximate surface area is 204 Å². The highest BCUT2D eigenvalue weighted by Crippen LogP contribution is 2.32. The summed E-state index contributed by atoms with van der Waals surface area (Å²) in [5, 5.41) is 2.72. The molecular weight excluding hydrogens is 481 g/mol. The highest BCUT2D eigenvalue weighted by atomic mass is 35.5. The van der Waals surface area contributed by atoms with Crippen LogP contribution in [-0.2, 0) is 22.2 Å². The molecule has 1 aliphatic rings. The zero-order chi connectivity index (χ0) is 25.0. The quantitative estimate of drug-likeness (QED) is 0.349. The summed E-state index contributed by atoms with van der Waals surface area (Å²) in [6.07, 6.45) is 1.81. The van der Waals surface area contributed by atoms with Crippen LogP contribution < -0.4 is 10.1 Å². The summed E-state index contributed by atoms with van der Waals surface area (Å²) in [5.41, 5.74) is 0.256. The van der Waals surface area contributed by atoms with Crippen molar-refractivity contribution in [2.75, 3.05) is 5.32 Å². The van der Waals surface area contributed by atoms with Crippen molar-refractivity contribution >= 4 is 35.1 Å². The lowest BCUT2D eigenvalue weighted by Gasteiger charge is -2.11. The molecule has 1 fully saturated rings. The molecular formula is C26H20ClF3N2O3. The van der Waals surface area contributed by atoms with Crippen molar-refractivity contribution in [3.63, 3.8) is 0 Å². The Morgan fingerprint density at radius 3 is 2.49 bits per heavy atom. The van der Waals surface area contributed by atoms with Crippen LogP contribution in [0, 0.1) is 5.92 Å². The second kappa shape index (κ2) is 10.3. The number of allylic oxidation sites excluding steroid dienone is 1. The number of aromatic nitrogens is 1. The van der Waals surface area contributed by atoms with Gasteiger partial charge in [-0.1, -0.05) is 11.6 Å². The Hall–Kier alpha value is -3.65. The van der Waals surface area contributed by atoms with Crippen LogP contribution in [0.2, 0.25) is 5.02 Å². The van der Waals surface area contributed by atoms with E-state index in [9.17, 15) is 22.8 Å². The van der Waals surface area contributed by atoms with Gasteiger partial charge in [-0.05, 0) is 79.1 Å². The van der Waals surface area contributed by atoms with Gasteiger partial charge in [0.1, 0.15) is 11.5 Å². The van der Waals surface area contributed by atoms with E-state index in [0.29, 0.717) is 22.9 Å². The number of hydrogen-bond acceptors (Lipinski definition) is 4. The van der Waals surface area contributed by atoms with Crippen LogP contribution in [-0.4, -0.2) is 16.7 Å². The summed E-state index contributed by atoms with van der Waals surface area (Å²) in [6, 6.07) is 12.7. The molecule has 1 amide bonds. The second-order valence-electron chi connectivity index (χ2n) is 8.08. The molecule has 2 aromatic carbocycles. The van der Waals surface area contributed by atoms with E-state index < -0.39 is 17.6 Å². The predicted molar refractivity (Wildman–Crippen MR) is 126 cm³/mol. The lowest BCUT2D eigenvalue weighted by atomic mass is 10.1. The van der Waals surface area contributed by atoms with Crippen molar-refractivity contribution < 1.29 is 27.5 Å². The number of anilines is 1. The van der Waals surface area contributed by atoms with Crippen LogP contribution in [0.25, 0.3) is 6.08 Å². The van der Waals surface area contributed by atoms with E-state index in [1.807, 2.05) is 0 Å². The van der Waals surface area contributed by atoms with Gasteiger partial charge in [0, 0.05) is 28.9 Å². The number of carbonyl (C=O) groups excluding carboxylic acids is 2. The third-order valence-corrected chi connectivity index (χ3v) is 5.62. The van der Waals surface area contributed by atoms with Gasteiger partial charge in [-0.25, -0.2) is 0 Å². The molecule has 0 aliphatic heterocycles. The molecule has 0 saturated heterocycles. The Bertz CT molecular complexity index is 1270. The minimum atomic E-state index is -4.52. The van der Waals surface area contributed by atoms with Gasteiger partial charge in [-0.2, -0.15) is 13.2 Å². The van der Waals surface area contributed by atoms with E-state index in [-0.39, 0.29) is 28.7 Å². The molecule has 1 heterocycles. The lowest BCUT2D eigenvalue weighted by molar-refractivity contribution is -0.137. The standard InChI is InChI=1S/C26H20ClF3N2O3/c27-23-9-3-18(26(28,29)30)13-17(23)14-25(34)32-19-4-7-21(8-5-19)35-22-11-12-31-20(15-22)6-10-24(33)16-1-2-16/h3-13,15-16H,1-2,14H2,(H,32,34)/b10-6+. The number of halogens is 4. The molecule has 5 nitrogen and oxygen atoms in total. The van der Waals surface area contributed by atoms with E-state index in [2.05, 4.69) is 10.3 Å². The molecule has 1 aliphatic carbocycles. The van der Waals surface area contributed by atoms with Crippen LogP contribution in [0.3, 0.4) is 0 Å². The summed E-state index contributed by atoms with van der Waals surface area (Å²) in [4.78, 5) is 28.4. The number of nitrogens with one attached hydrogen (secondary N) is 1. The first-order valence-electron chi connectivity index (χ1n) is 10.8. The molecule has 0 radical (unpaired) electrons. The van der Waals surface area contributed by atoms with Crippen LogP contribution in [0.4, 0.5) is 18.9 Å². The van der Waals surface area contributed by atoms with Crippen molar-refractivity contribution in [2.24, 2.45) is 5.92 Å². The predicted octanol–water partition coefficient (Wildman–Crippen LogP) is 6.72. The van der Waals surface area contributed by atoms with Gasteiger partial charge < -0.3 is 10.1 Å². The summed E-state index contributed by atoms with van der Waals surface area (Å²) in [6.45, 7) is 0. The monoisotopic (exact) mass is 500 g/mol. The molecule has 1 saturated carbocycles. The third kappa shape index (κ3) is 6.93. The fraction of sp³-hybridized carbons (Fsp3) is 0.192. The molecule has 35 heavy (non-hydrogen) atoms. The summed E-state index contributed by atoms with van der Waals surface area (Å²) in [7, 11) is 0. The summed E-state index contributed by atoms with van der Waals surface area (Å²) in [5.74, 6) is 0.762. The average Bonchev–Trinajstić information content (AvgIpc) is 3.65. The number of benzene rings is 2. The van der Waals surface area contributed by atoms with Gasteiger partial charge >= 0.3 is 6.18 Å². The molecule has 0 unspecified atom stereocenters. The Kier molecular flexibility index (Phi) is 7.21. The minimum Gasteiger partial charge on any atom is -0.457 e. The lowest BCUT2D eigenvalue weighted by Crippen LogP contribution is -2.15. The minimum absolute atomic E-state index is 0.0836.